The Kier molecular flexibility index (Phi) is 7.54. The van der Waals surface area contributed by atoms with Crippen LogP contribution in [0.1, 0.15) is 13.3 Å². The fraction of sp³-hybridized carbons (Fsp3) is 1.00. The summed E-state index contributed by atoms with van der Waals surface area (Å²) >= 11 is 0. The van der Waals surface area contributed by atoms with Gasteiger partial charge in [-0.25, -0.2) is 4.18 Å². The van der Waals surface area contributed by atoms with Crippen LogP contribution in [-0.4, -0.2) is 33.3 Å². The van der Waals surface area contributed by atoms with Crippen molar-refractivity contribution in [1.29, 1.82) is 0 Å². The van der Waals surface area contributed by atoms with Gasteiger partial charge >= 0.3 is 10.4 Å². The highest BCUT2D eigenvalue weighted by Crippen LogP contribution is 2.02. The average molecular weight is 201 g/mol. The minimum absolute atomic E-state index is 0. The van der Waals surface area contributed by atoms with Crippen molar-refractivity contribution in [3.05, 3.63) is 0 Å². The molecule has 0 saturated carbocycles. The predicted molar refractivity (Wildman–Crippen MR) is 43.2 cm³/mol. The Morgan fingerprint density at radius 1 is 1.50 bits per heavy atom. The van der Waals surface area contributed by atoms with Gasteiger partial charge in [-0.1, -0.05) is 0 Å². The van der Waals surface area contributed by atoms with Crippen LogP contribution in [0.5, 0.6) is 0 Å². The second-order valence-electron chi connectivity index (χ2n) is 1.99. The maximum Gasteiger partial charge on any atom is 0.399 e. The molecule has 0 aromatic rings. The molecule has 0 aromatic carbocycles. The molecule has 0 aliphatic heterocycles. The summed E-state index contributed by atoms with van der Waals surface area (Å²) in [4.78, 5) is 0. The van der Waals surface area contributed by atoms with E-state index in [2.05, 4.69) is 8.37 Å². The van der Waals surface area contributed by atoms with Gasteiger partial charge in [-0.05, 0) is 13.3 Å². The Balaban J connectivity index is 0. The number of aliphatic hydroxyl groups excluding tert-OH is 1. The molecule has 0 heterocycles. The van der Waals surface area contributed by atoms with Crippen LogP contribution < -0.4 is 6.15 Å². The van der Waals surface area contributed by atoms with Crippen LogP contribution in [0.3, 0.4) is 0 Å². The van der Waals surface area contributed by atoms with Gasteiger partial charge in [-0.3, -0.25) is 4.18 Å². The van der Waals surface area contributed by atoms with Crippen LogP contribution in [0.15, 0.2) is 0 Å². The van der Waals surface area contributed by atoms with Crippen LogP contribution in [-0.2, 0) is 18.8 Å². The van der Waals surface area contributed by atoms with Crippen molar-refractivity contribution in [2.45, 2.75) is 19.4 Å². The van der Waals surface area contributed by atoms with E-state index in [9.17, 15) is 8.42 Å². The highest BCUT2D eigenvalue weighted by atomic mass is 32.3. The molecule has 76 valence electrons. The Morgan fingerprint density at radius 2 is 2.00 bits per heavy atom. The molecular formula is C5H15NO5S. The van der Waals surface area contributed by atoms with Gasteiger partial charge in [-0.15, -0.1) is 0 Å². The summed E-state index contributed by atoms with van der Waals surface area (Å²) in [7, 11) is -2.84. The Labute approximate surface area is 72.4 Å². The molecule has 12 heavy (non-hydrogen) atoms. The summed E-state index contributed by atoms with van der Waals surface area (Å²) in [6, 6.07) is 0. The molecular weight excluding hydrogens is 186 g/mol. The SMILES string of the molecule is COS(=O)(=O)OC(C)CCO.N. The van der Waals surface area contributed by atoms with Crippen molar-refractivity contribution in [2.24, 2.45) is 0 Å². The quantitative estimate of drug-likeness (QED) is 0.639. The lowest BCUT2D eigenvalue weighted by Crippen LogP contribution is -2.17. The van der Waals surface area contributed by atoms with Gasteiger partial charge in [0.15, 0.2) is 0 Å². The molecule has 0 spiro atoms. The summed E-state index contributed by atoms with van der Waals surface area (Å²) in [5.41, 5.74) is 0. The van der Waals surface area contributed by atoms with Crippen molar-refractivity contribution < 1.29 is 21.9 Å². The van der Waals surface area contributed by atoms with E-state index in [0.29, 0.717) is 0 Å². The molecule has 0 rings (SSSR count). The van der Waals surface area contributed by atoms with Gasteiger partial charge in [-0.2, -0.15) is 8.42 Å². The lowest BCUT2D eigenvalue weighted by atomic mass is 10.3. The molecule has 0 bridgehead atoms. The maximum absolute atomic E-state index is 10.6. The first-order chi connectivity index (χ1) is 5.02. The number of hydrogen-bond donors (Lipinski definition) is 2. The van der Waals surface area contributed by atoms with Crippen LogP contribution in [0, 0.1) is 0 Å². The number of hydrogen-bond acceptors (Lipinski definition) is 6. The zero-order valence-electron chi connectivity index (χ0n) is 7.19. The highest BCUT2D eigenvalue weighted by molar-refractivity contribution is 7.81. The molecule has 0 saturated heterocycles. The van der Waals surface area contributed by atoms with Crippen molar-refractivity contribution >= 4 is 10.4 Å². The molecule has 0 aromatic heterocycles. The minimum Gasteiger partial charge on any atom is -0.396 e. The maximum atomic E-state index is 10.6. The van der Waals surface area contributed by atoms with Gasteiger partial charge < -0.3 is 11.3 Å². The van der Waals surface area contributed by atoms with Crippen LogP contribution in [0.4, 0.5) is 0 Å². The van der Waals surface area contributed by atoms with Crippen molar-refractivity contribution in [1.82, 2.24) is 6.15 Å². The molecule has 4 N–H and O–H groups in total. The van der Waals surface area contributed by atoms with E-state index in [1.165, 1.54) is 6.92 Å². The normalized spacial score (nSPS) is 13.6. The molecule has 7 heteroatoms. The first-order valence-electron chi connectivity index (χ1n) is 3.11. The largest absolute Gasteiger partial charge is 0.399 e. The molecule has 6 nitrogen and oxygen atoms in total. The van der Waals surface area contributed by atoms with Crippen molar-refractivity contribution in [3.8, 4) is 0 Å². The Hall–Kier alpha value is -0.210. The van der Waals surface area contributed by atoms with E-state index < -0.39 is 16.5 Å². The fourth-order valence-corrected chi connectivity index (χ4v) is 1.05. The van der Waals surface area contributed by atoms with E-state index in [1.54, 1.807) is 0 Å². The van der Waals surface area contributed by atoms with E-state index >= 15 is 0 Å². The Morgan fingerprint density at radius 3 is 2.33 bits per heavy atom. The smallest absolute Gasteiger partial charge is 0.396 e. The average Bonchev–Trinajstić information content (AvgIpc) is 1.87. The first-order valence-corrected chi connectivity index (χ1v) is 4.45. The lowest BCUT2D eigenvalue weighted by Gasteiger charge is -2.08. The van der Waals surface area contributed by atoms with E-state index in [-0.39, 0.29) is 19.2 Å². The summed E-state index contributed by atoms with van der Waals surface area (Å²) in [6.45, 7) is 1.42. The lowest BCUT2D eigenvalue weighted by molar-refractivity contribution is 0.149. The summed E-state index contributed by atoms with van der Waals surface area (Å²) in [6.07, 6.45) is -0.285. The topological polar surface area (TPSA) is 108 Å². The zero-order valence-corrected chi connectivity index (χ0v) is 8.00. The number of rotatable bonds is 5. The second kappa shape index (κ2) is 6.32. The highest BCUT2D eigenvalue weighted by Gasteiger charge is 2.13. The second-order valence-corrected chi connectivity index (χ2v) is 3.34. The van der Waals surface area contributed by atoms with Gasteiger partial charge in [0.05, 0.1) is 13.2 Å². The van der Waals surface area contributed by atoms with Gasteiger partial charge in [0, 0.05) is 6.61 Å². The summed E-state index contributed by atoms with van der Waals surface area (Å²) < 4.78 is 29.6. The number of aliphatic hydroxyl groups is 1. The summed E-state index contributed by atoms with van der Waals surface area (Å²) in [5, 5.41) is 8.39. The molecule has 1 unspecified atom stereocenters. The van der Waals surface area contributed by atoms with E-state index in [4.69, 9.17) is 5.11 Å². The third-order valence-electron chi connectivity index (χ3n) is 1.02. The fourth-order valence-electron chi connectivity index (χ4n) is 0.470. The van der Waals surface area contributed by atoms with Gasteiger partial charge in [0.2, 0.25) is 0 Å². The minimum atomic E-state index is -3.85. The predicted octanol–water partition coefficient (Wildman–Crippen LogP) is -0.173. The molecule has 0 fully saturated rings. The van der Waals surface area contributed by atoms with Crippen molar-refractivity contribution in [2.75, 3.05) is 13.7 Å². The molecule has 0 amide bonds. The summed E-state index contributed by atoms with van der Waals surface area (Å²) in [5.74, 6) is 0. The standard InChI is InChI=1S/C5H12O5S.H3N/c1-5(3-4-6)10-11(7,8)9-2;/h5-6H,3-4H2,1-2H3;1H3. The van der Waals surface area contributed by atoms with E-state index in [0.717, 1.165) is 7.11 Å². The van der Waals surface area contributed by atoms with E-state index in [1.807, 2.05) is 0 Å². The van der Waals surface area contributed by atoms with Gasteiger partial charge in [0.25, 0.3) is 0 Å². The first kappa shape index (κ1) is 14.3. The molecule has 0 aliphatic carbocycles. The monoisotopic (exact) mass is 201 g/mol. The molecule has 0 aliphatic rings. The van der Waals surface area contributed by atoms with Crippen LogP contribution in [0.2, 0.25) is 0 Å². The zero-order chi connectivity index (χ0) is 8.91. The van der Waals surface area contributed by atoms with Crippen LogP contribution >= 0.6 is 0 Å². The molecule has 0 radical (unpaired) electrons. The Bertz CT molecular complexity index is 190. The van der Waals surface area contributed by atoms with Gasteiger partial charge in [0.1, 0.15) is 0 Å². The van der Waals surface area contributed by atoms with Crippen molar-refractivity contribution in [3.63, 3.8) is 0 Å². The van der Waals surface area contributed by atoms with Crippen LogP contribution in [0.25, 0.3) is 0 Å². The third-order valence-corrected chi connectivity index (χ3v) is 1.99. The third kappa shape index (κ3) is 6.50. The molecule has 1 atom stereocenters.